The molecule has 3 heteroatoms. The second-order valence-electron chi connectivity index (χ2n) is 5.43. The fraction of sp³-hybridized carbons (Fsp3) is 0.389. The standard InChI is InChI=1S/C18H23NO2/c1-13-12-19-17(14(2)18(13)21-3)11-16(20)10-9-15-7-5-4-6-8-15/h4-8,12,16,20H,9-11H2,1-3H3. The van der Waals surface area contributed by atoms with Crippen LogP contribution >= 0.6 is 0 Å². The molecule has 0 fully saturated rings. The second kappa shape index (κ2) is 7.23. The topological polar surface area (TPSA) is 42.4 Å². The fourth-order valence-corrected chi connectivity index (χ4v) is 2.58. The van der Waals surface area contributed by atoms with Crippen molar-refractivity contribution in [2.45, 2.75) is 39.2 Å². The predicted octanol–water partition coefficient (Wildman–Crippen LogP) is 3.24. The van der Waals surface area contributed by atoms with E-state index in [-0.39, 0.29) is 6.10 Å². The number of ether oxygens (including phenoxy) is 1. The summed E-state index contributed by atoms with van der Waals surface area (Å²) in [7, 11) is 1.67. The van der Waals surface area contributed by atoms with E-state index in [0.29, 0.717) is 6.42 Å². The van der Waals surface area contributed by atoms with Crippen LogP contribution < -0.4 is 4.74 Å². The highest BCUT2D eigenvalue weighted by atomic mass is 16.5. The molecule has 0 saturated heterocycles. The number of methoxy groups -OCH3 is 1. The van der Waals surface area contributed by atoms with Gasteiger partial charge in [0.15, 0.2) is 0 Å². The lowest BCUT2D eigenvalue weighted by Gasteiger charge is -2.15. The molecule has 1 unspecified atom stereocenters. The Balaban J connectivity index is 1.98. The molecule has 0 radical (unpaired) electrons. The maximum absolute atomic E-state index is 10.2. The molecule has 0 amide bonds. The first-order chi connectivity index (χ1) is 10.1. The summed E-state index contributed by atoms with van der Waals surface area (Å²) in [6.07, 6.45) is 3.61. The molecule has 1 aromatic carbocycles. The number of rotatable bonds is 6. The molecule has 0 bridgehead atoms. The van der Waals surface area contributed by atoms with Crippen LogP contribution in [0.2, 0.25) is 0 Å². The first-order valence-corrected chi connectivity index (χ1v) is 7.33. The minimum absolute atomic E-state index is 0.385. The van der Waals surface area contributed by atoms with E-state index in [1.807, 2.05) is 38.2 Å². The van der Waals surface area contributed by atoms with Gasteiger partial charge in [0, 0.05) is 29.4 Å². The molecule has 0 aliphatic carbocycles. The van der Waals surface area contributed by atoms with E-state index in [0.717, 1.165) is 35.4 Å². The van der Waals surface area contributed by atoms with E-state index in [9.17, 15) is 5.11 Å². The molecule has 112 valence electrons. The summed E-state index contributed by atoms with van der Waals surface area (Å²) in [6.45, 7) is 3.98. The zero-order chi connectivity index (χ0) is 15.2. The number of aromatic nitrogens is 1. The van der Waals surface area contributed by atoms with Gasteiger partial charge in [-0.2, -0.15) is 0 Å². The summed E-state index contributed by atoms with van der Waals surface area (Å²) >= 11 is 0. The molecule has 2 rings (SSSR count). The van der Waals surface area contributed by atoms with E-state index >= 15 is 0 Å². The smallest absolute Gasteiger partial charge is 0.128 e. The van der Waals surface area contributed by atoms with Gasteiger partial charge in [0.1, 0.15) is 5.75 Å². The average molecular weight is 285 g/mol. The predicted molar refractivity (Wildman–Crippen MR) is 84.7 cm³/mol. The van der Waals surface area contributed by atoms with Gasteiger partial charge in [0.2, 0.25) is 0 Å². The van der Waals surface area contributed by atoms with Gasteiger partial charge >= 0.3 is 0 Å². The Labute approximate surface area is 126 Å². The van der Waals surface area contributed by atoms with E-state index in [1.54, 1.807) is 7.11 Å². The normalized spacial score (nSPS) is 12.2. The first-order valence-electron chi connectivity index (χ1n) is 7.33. The van der Waals surface area contributed by atoms with Crippen LogP contribution in [0.15, 0.2) is 36.5 Å². The molecule has 1 N–H and O–H groups in total. The maximum atomic E-state index is 10.2. The van der Waals surface area contributed by atoms with Crippen LogP contribution in [0.25, 0.3) is 0 Å². The highest BCUT2D eigenvalue weighted by Crippen LogP contribution is 2.25. The third-order valence-corrected chi connectivity index (χ3v) is 3.79. The van der Waals surface area contributed by atoms with Crippen molar-refractivity contribution in [3.05, 3.63) is 58.9 Å². The fourth-order valence-electron chi connectivity index (χ4n) is 2.58. The van der Waals surface area contributed by atoms with E-state index in [2.05, 4.69) is 17.1 Å². The molecule has 1 aromatic heterocycles. The molecule has 3 nitrogen and oxygen atoms in total. The SMILES string of the molecule is COc1c(C)cnc(CC(O)CCc2ccccc2)c1C. The minimum Gasteiger partial charge on any atom is -0.496 e. The lowest BCUT2D eigenvalue weighted by atomic mass is 10.0. The van der Waals surface area contributed by atoms with Crippen molar-refractivity contribution in [3.63, 3.8) is 0 Å². The van der Waals surface area contributed by atoms with E-state index in [4.69, 9.17) is 4.74 Å². The number of nitrogens with zero attached hydrogens (tertiary/aromatic N) is 1. The van der Waals surface area contributed by atoms with Gasteiger partial charge in [-0.3, -0.25) is 4.98 Å². The summed E-state index contributed by atoms with van der Waals surface area (Å²) in [5.74, 6) is 0.871. The van der Waals surface area contributed by atoms with Crippen LogP contribution in [0.3, 0.4) is 0 Å². The summed E-state index contributed by atoms with van der Waals surface area (Å²) in [6, 6.07) is 10.2. The molecule has 0 saturated carbocycles. The van der Waals surface area contributed by atoms with Crippen LogP contribution in [0, 0.1) is 13.8 Å². The number of benzene rings is 1. The Morgan fingerprint density at radius 2 is 1.90 bits per heavy atom. The molecule has 2 aromatic rings. The number of hydrogen-bond acceptors (Lipinski definition) is 3. The van der Waals surface area contributed by atoms with E-state index < -0.39 is 0 Å². The molecule has 21 heavy (non-hydrogen) atoms. The number of aliphatic hydroxyl groups excluding tert-OH is 1. The van der Waals surface area contributed by atoms with Crippen LogP contribution in [0.1, 0.15) is 28.8 Å². The number of hydrogen-bond donors (Lipinski definition) is 1. The Bertz CT molecular complexity index is 581. The second-order valence-corrected chi connectivity index (χ2v) is 5.43. The van der Waals surface area contributed by atoms with Crippen molar-refractivity contribution < 1.29 is 9.84 Å². The van der Waals surface area contributed by atoms with Crippen LogP contribution in [0.5, 0.6) is 5.75 Å². The molecule has 1 atom stereocenters. The first kappa shape index (κ1) is 15.5. The maximum Gasteiger partial charge on any atom is 0.128 e. The van der Waals surface area contributed by atoms with Gasteiger partial charge in [0.25, 0.3) is 0 Å². The van der Waals surface area contributed by atoms with Crippen molar-refractivity contribution in [2.75, 3.05) is 7.11 Å². The summed E-state index contributed by atoms with van der Waals surface area (Å²) in [4.78, 5) is 4.44. The van der Waals surface area contributed by atoms with Gasteiger partial charge in [-0.05, 0) is 32.3 Å². The Hall–Kier alpha value is -1.87. The third kappa shape index (κ3) is 4.05. The summed E-state index contributed by atoms with van der Waals surface area (Å²) in [5, 5.41) is 10.2. The van der Waals surface area contributed by atoms with E-state index in [1.165, 1.54) is 5.56 Å². The minimum atomic E-state index is -0.385. The number of aryl methyl sites for hydroxylation is 2. The Morgan fingerprint density at radius 3 is 2.57 bits per heavy atom. The number of pyridine rings is 1. The summed E-state index contributed by atoms with van der Waals surface area (Å²) < 4.78 is 5.41. The third-order valence-electron chi connectivity index (χ3n) is 3.79. The van der Waals surface area contributed by atoms with Gasteiger partial charge < -0.3 is 9.84 Å². The highest BCUT2D eigenvalue weighted by molar-refractivity contribution is 5.41. The Kier molecular flexibility index (Phi) is 5.34. The monoisotopic (exact) mass is 285 g/mol. The van der Waals surface area contributed by atoms with Crippen molar-refractivity contribution in [2.24, 2.45) is 0 Å². The van der Waals surface area contributed by atoms with Gasteiger partial charge in [-0.15, -0.1) is 0 Å². The summed E-state index contributed by atoms with van der Waals surface area (Å²) in [5.41, 5.74) is 4.22. The quantitative estimate of drug-likeness (QED) is 0.886. The largest absolute Gasteiger partial charge is 0.496 e. The molecule has 0 spiro atoms. The molecular weight excluding hydrogens is 262 g/mol. The lowest BCUT2D eigenvalue weighted by Crippen LogP contribution is -2.14. The van der Waals surface area contributed by atoms with Gasteiger partial charge in [0.05, 0.1) is 13.2 Å². The Morgan fingerprint density at radius 1 is 1.19 bits per heavy atom. The van der Waals surface area contributed by atoms with Gasteiger partial charge in [-0.25, -0.2) is 0 Å². The van der Waals surface area contributed by atoms with Crippen LogP contribution in [-0.2, 0) is 12.8 Å². The molecular formula is C18H23NO2. The van der Waals surface area contributed by atoms with Gasteiger partial charge in [-0.1, -0.05) is 30.3 Å². The van der Waals surface area contributed by atoms with Crippen molar-refractivity contribution >= 4 is 0 Å². The van der Waals surface area contributed by atoms with Crippen molar-refractivity contribution in [1.82, 2.24) is 4.98 Å². The van der Waals surface area contributed by atoms with Crippen molar-refractivity contribution in [3.8, 4) is 5.75 Å². The van der Waals surface area contributed by atoms with Crippen molar-refractivity contribution in [1.29, 1.82) is 0 Å². The van der Waals surface area contributed by atoms with Crippen LogP contribution in [-0.4, -0.2) is 23.3 Å². The molecule has 0 aliphatic heterocycles. The average Bonchev–Trinajstić information content (AvgIpc) is 2.50. The zero-order valence-electron chi connectivity index (χ0n) is 13.0. The zero-order valence-corrected chi connectivity index (χ0v) is 13.0. The van der Waals surface area contributed by atoms with Crippen LogP contribution in [0.4, 0.5) is 0 Å². The molecule has 1 heterocycles. The highest BCUT2D eigenvalue weighted by Gasteiger charge is 2.13. The lowest BCUT2D eigenvalue weighted by molar-refractivity contribution is 0.163. The number of aliphatic hydroxyl groups is 1. The molecule has 0 aliphatic rings.